The molecule has 0 spiro atoms. The van der Waals surface area contributed by atoms with Gasteiger partial charge in [-0.25, -0.2) is 0 Å². The SMILES string of the molecule is CN(C)CC(=O)N(C)CCC(=O)[O-].[Na+]. The van der Waals surface area contributed by atoms with Gasteiger partial charge in [0, 0.05) is 26.0 Å². The first kappa shape index (κ1) is 16.3. The van der Waals surface area contributed by atoms with Crippen LogP contribution in [0, 0.1) is 0 Å². The zero-order valence-corrected chi connectivity index (χ0v) is 11.2. The van der Waals surface area contributed by atoms with Crippen LogP contribution in [0.25, 0.3) is 0 Å². The number of carbonyl (C=O) groups is 2. The Bertz CT molecular complexity index is 197. The quantitative estimate of drug-likeness (QED) is 0.427. The van der Waals surface area contributed by atoms with Crippen LogP contribution in [0.4, 0.5) is 0 Å². The van der Waals surface area contributed by atoms with E-state index in [-0.39, 0.29) is 48.4 Å². The van der Waals surface area contributed by atoms with Crippen molar-refractivity contribution in [3.63, 3.8) is 0 Å². The summed E-state index contributed by atoms with van der Waals surface area (Å²) in [6.07, 6.45) is -0.115. The van der Waals surface area contributed by atoms with Crippen LogP contribution in [0.15, 0.2) is 0 Å². The van der Waals surface area contributed by atoms with Crippen molar-refractivity contribution in [1.29, 1.82) is 0 Å². The van der Waals surface area contributed by atoms with Crippen LogP contribution < -0.4 is 34.7 Å². The molecule has 0 aliphatic heterocycles. The van der Waals surface area contributed by atoms with Crippen LogP contribution in [-0.2, 0) is 9.59 Å². The van der Waals surface area contributed by atoms with E-state index in [1.165, 1.54) is 4.90 Å². The summed E-state index contributed by atoms with van der Waals surface area (Å²) in [6, 6.07) is 0. The van der Waals surface area contributed by atoms with Crippen molar-refractivity contribution in [3.8, 4) is 0 Å². The molecule has 14 heavy (non-hydrogen) atoms. The Balaban J connectivity index is 0. The van der Waals surface area contributed by atoms with Gasteiger partial charge in [0.1, 0.15) is 0 Å². The first-order valence-corrected chi connectivity index (χ1v) is 4.02. The second-order valence-corrected chi connectivity index (χ2v) is 3.18. The topological polar surface area (TPSA) is 63.7 Å². The van der Waals surface area contributed by atoms with Crippen molar-refractivity contribution < 1.29 is 44.3 Å². The second-order valence-electron chi connectivity index (χ2n) is 3.18. The molecule has 0 rings (SSSR count). The summed E-state index contributed by atoms with van der Waals surface area (Å²) in [6.45, 7) is 0.499. The molecule has 0 unspecified atom stereocenters. The van der Waals surface area contributed by atoms with Crippen LogP contribution in [-0.4, -0.2) is 55.9 Å². The van der Waals surface area contributed by atoms with Gasteiger partial charge in [-0.2, -0.15) is 0 Å². The third kappa shape index (κ3) is 8.50. The van der Waals surface area contributed by atoms with Crippen molar-refractivity contribution in [2.75, 3.05) is 34.2 Å². The van der Waals surface area contributed by atoms with Gasteiger partial charge >= 0.3 is 29.6 Å². The van der Waals surface area contributed by atoms with Crippen molar-refractivity contribution in [2.24, 2.45) is 0 Å². The van der Waals surface area contributed by atoms with E-state index < -0.39 is 5.97 Å². The van der Waals surface area contributed by atoms with E-state index in [9.17, 15) is 14.7 Å². The predicted molar refractivity (Wildman–Crippen MR) is 45.8 cm³/mol. The number of aliphatic carboxylic acids is 1. The number of amides is 1. The van der Waals surface area contributed by atoms with Crippen LogP contribution in [0.2, 0.25) is 0 Å². The molecule has 0 saturated heterocycles. The minimum atomic E-state index is -1.13. The zero-order valence-electron chi connectivity index (χ0n) is 9.24. The smallest absolute Gasteiger partial charge is 0.550 e. The first-order valence-electron chi connectivity index (χ1n) is 4.02. The summed E-state index contributed by atoms with van der Waals surface area (Å²) >= 11 is 0. The summed E-state index contributed by atoms with van der Waals surface area (Å²) in [5.41, 5.74) is 0. The average Bonchev–Trinajstić information content (AvgIpc) is 1.98. The number of carbonyl (C=O) groups excluding carboxylic acids is 2. The number of rotatable bonds is 5. The average molecular weight is 210 g/mol. The molecule has 6 heteroatoms. The molecular weight excluding hydrogens is 195 g/mol. The summed E-state index contributed by atoms with van der Waals surface area (Å²) < 4.78 is 0. The fourth-order valence-corrected chi connectivity index (χ4v) is 0.775. The van der Waals surface area contributed by atoms with Crippen molar-refractivity contribution >= 4 is 11.9 Å². The van der Waals surface area contributed by atoms with E-state index in [0.29, 0.717) is 6.54 Å². The fraction of sp³-hybridized carbons (Fsp3) is 0.750. The van der Waals surface area contributed by atoms with E-state index in [1.807, 2.05) is 0 Å². The standard InChI is InChI=1S/C8H16N2O3.Na/c1-9(2)6-7(11)10(3)5-4-8(12)13;/h4-6H2,1-3H3,(H,12,13);/q;+1/p-1. The molecule has 0 heterocycles. The van der Waals surface area contributed by atoms with Gasteiger partial charge in [0.05, 0.1) is 6.54 Å². The van der Waals surface area contributed by atoms with Gasteiger partial charge in [0.15, 0.2) is 0 Å². The maximum Gasteiger partial charge on any atom is 1.00 e. The summed E-state index contributed by atoms with van der Waals surface area (Å²) in [7, 11) is 5.14. The van der Waals surface area contributed by atoms with Crippen molar-refractivity contribution in [3.05, 3.63) is 0 Å². The van der Waals surface area contributed by atoms with E-state index in [2.05, 4.69) is 0 Å². The molecule has 0 saturated carbocycles. The van der Waals surface area contributed by atoms with Gasteiger partial charge in [0.25, 0.3) is 0 Å². The molecule has 0 atom stereocenters. The fourth-order valence-electron chi connectivity index (χ4n) is 0.775. The maximum absolute atomic E-state index is 11.2. The van der Waals surface area contributed by atoms with Crippen molar-refractivity contribution in [2.45, 2.75) is 6.42 Å². The van der Waals surface area contributed by atoms with Gasteiger partial charge in [-0.1, -0.05) is 0 Å². The molecule has 0 aromatic rings. The number of hydrogen-bond donors (Lipinski definition) is 0. The summed E-state index contributed by atoms with van der Waals surface area (Å²) in [5, 5.41) is 10.1. The monoisotopic (exact) mass is 210 g/mol. The molecule has 5 nitrogen and oxygen atoms in total. The third-order valence-corrected chi connectivity index (χ3v) is 1.53. The van der Waals surface area contributed by atoms with E-state index >= 15 is 0 Å². The van der Waals surface area contributed by atoms with E-state index in [1.54, 1.807) is 26.0 Å². The Kier molecular flexibility index (Phi) is 9.60. The van der Waals surface area contributed by atoms with Gasteiger partial charge in [0.2, 0.25) is 5.91 Å². The second kappa shape index (κ2) is 8.23. The van der Waals surface area contributed by atoms with E-state index in [4.69, 9.17) is 0 Å². The Morgan fingerprint density at radius 2 is 1.71 bits per heavy atom. The molecular formula is C8H15N2NaO3. The first-order chi connectivity index (χ1) is 5.93. The molecule has 1 amide bonds. The molecule has 0 N–H and O–H groups in total. The molecule has 0 aliphatic carbocycles. The molecule has 0 aromatic heterocycles. The van der Waals surface area contributed by atoms with Crippen LogP contribution in [0.5, 0.6) is 0 Å². The van der Waals surface area contributed by atoms with Gasteiger partial charge in [-0.15, -0.1) is 0 Å². The molecule has 0 bridgehead atoms. The number of carboxylic acid groups (broad SMARTS) is 1. The summed E-state index contributed by atoms with van der Waals surface area (Å²) in [5.74, 6) is -1.23. The number of carboxylic acids is 1. The molecule has 0 radical (unpaired) electrons. The number of nitrogens with zero attached hydrogens (tertiary/aromatic N) is 2. The molecule has 0 aromatic carbocycles. The zero-order chi connectivity index (χ0) is 10.4. The number of likely N-dealkylation sites (N-methyl/N-ethyl adjacent to an activating group) is 2. The molecule has 0 aliphatic rings. The Morgan fingerprint density at radius 3 is 2.07 bits per heavy atom. The maximum atomic E-state index is 11.2. The number of hydrogen-bond acceptors (Lipinski definition) is 4. The van der Waals surface area contributed by atoms with Gasteiger partial charge in [-0.3, -0.25) is 4.79 Å². The van der Waals surface area contributed by atoms with E-state index in [0.717, 1.165) is 0 Å². The predicted octanol–water partition coefficient (Wildman–Crippen LogP) is -4.85. The summed E-state index contributed by atoms with van der Waals surface area (Å²) in [4.78, 5) is 24.4. The largest absolute Gasteiger partial charge is 1.00 e. The van der Waals surface area contributed by atoms with Gasteiger partial charge in [-0.05, 0) is 14.1 Å². The Hall–Kier alpha value is -0.100. The Morgan fingerprint density at radius 1 is 1.21 bits per heavy atom. The van der Waals surface area contributed by atoms with Crippen LogP contribution >= 0.6 is 0 Å². The molecule has 76 valence electrons. The van der Waals surface area contributed by atoms with Gasteiger partial charge < -0.3 is 19.7 Å². The van der Waals surface area contributed by atoms with Crippen molar-refractivity contribution in [1.82, 2.24) is 9.80 Å². The third-order valence-electron chi connectivity index (χ3n) is 1.53. The molecule has 0 fully saturated rings. The van der Waals surface area contributed by atoms with Crippen LogP contribution in [0.1, 0.15) is 6.42 Å². The minimum absolute atomic E-state index is 0. The Labute approximate surface area is 106 Å². The van der Waals surface area contributed by atoms with Crippen LogP contribution in [0.3, 0.4) is 0 Å². The normalized spacial score (nSPS) is 9.43. The minimum Gasteiger partial charge on any atom is -0.550 e.